The summed E-state index contributed by atoms with van der Waals surface area (Å²) in [6.45, 7) is -0.197. The van der Waals surface area contributed by atoms with Gasteiger partial charge < -0.3 is 10.1 Å². The van der Waals surface area contributed by atoms with E-state index in [0.717, 1.165) is 12.0 Å². The fraction of sp³-hybridized carbons (Fsp3) is 0.471. The van der Waals surface area contributed by atoms with E-state index in [1.807, 2.05) is 6.07 Å². The zero-order chi connectivity index (χ0) is 19.8. The van der Waals surface area contributed by atoms with E-state index in [2.05, 4.69) is 5.32 Å². The van der Waals surface area contributed by atoms with Crippen LogP contribution in [0.4, 0.5) is 4.79 Å². The van der Waals surface area contributed by atoms with Crippen molar-refractivity contribution < 1.29 is 22.7 Å². The maximum Gasteiger partial charge on any atom is 0.410 e. The first-order valence-electron chi connectivity index (χ1n) is 8.30. The fourth-order valence-electron chi connectivity index (χ4n) is 3.15. The quantitative estimate of drug-likeness (QED) is 0.802. The Morgan fingerprint density at radius 3 is 2.59 bits per heavy atom. The number of methoxy groups -OCH3 is 1. The number of sulfone groups is 1. The van der Waals surface area contributed by atoms with E-state index < -0.39 is 38.7 Å². The van der Waals surface area contributed by atoms with Crippen molar-refractivity contribution in [3.63, 3.8) is 0 Å². The molecule has 1 heterocycles. The summed E-state index contributed by atoms with van der Waals surface area (Å²) >= 11 is 6.03. The molecular weight excluding hydrogens is 394 g/mol. The van der Waals surface area contributed by atoms with Crippen molar-refractivity contribution in [2.24, 2.45) is 0 Å². The van der Waals surface area contributed by atoms with E-state index in [9.17, 15) is 18.0 Å². The number of carbonyl (C=O) groups is 2. The number of hydrogen-bond acceptors (Lipinski definition) is 6. The van der Waals surface area contributed by atoms with Crippen LogP contribution in [0, 0.1) is 11.3 Å². The highest BCUT2D eigenvalue weighted by Gasteiger charge is 2.50. The third-order valence-corrected chi connectivity index (χ3v) is 7.51. The minimum absolute atomic E-state index is 0.0433. The van der Waals surface area contributed by atoms with Gasteiger partial charge in [-0.25, -0.2) is 13.2 Å². The minimum Gasteiger partial charge on any atom is -0.453 e. The van der Waals surface area contributed by atoms with E-state index >= 15 is 0 Å². The summed E-state index contributed by atoms with van der Waals surface area (Å²) in [6.07, 6.45) is 0.160. The summed E-state index contributed by atoms with van der Waals surface area (Å²) in [5, 5.41) is 10.8. The molecule has 0 radical (unpaired) electrons. The van der Waals surface area contributed by atoms with E-state index in [1.54, 1.807) is 12.1 Å². The first-order valence-corrected chi connectivity index (χ1v) is 10.2. The number of ether oxygens (including phenoxy) is 1. The van der Waals surface area contributed by atoms with Crippen LogP contribution in [0.15, 0.2) is 29.2 Å². The van der Waals surface area contributed by atoms with Gasteiger partial charge in [0, 0.05) is 6.54 Å². The number of nitrogens with one attached hydrogen (secondary N) is 1. The molecule has 2 atom stereocenters. The van der Waals surface area contributed by atoms with Crippen LogP contribution in [0.2, 0.25) is 5.02 Å². The van der Waals surface area contributed by atoms with E-state index in [0.29, 0.717) is 12.8 Å². The molecule has 0 bridgehead atoms. The maximum atomic E-state index is 13.0. The molecule has 1 aliphatic heterocycles. The lowest BCUT2D eigenvalue weighted by molar-refractivity contribution is -0.125. The lowest BCUT2D eigenvalue weighted by Gasteiger charge is -2.23. The SMILES string of the molecule is COC(=O)N1C[C@H](S(=O)(=O)c2ccccc2Cl)C[C@H]1C(=O)NC1(C#N)CC1. The Kier molecular flexibility index (Phi) is 5.06. The second kappa shape index (κ2) is 7.02. The van der Waals surface area contributed by atoms with Crippen molar-refractivity contribution in [1.29, 1.82) is 5.26 Å². The highest BCUT2D eigenvalue weighted by atomic mass is 35.5. The fourth-order valence-corrected chi connectivity index (χ4v) is 5.37. The summed E-state index contributed by atoms with van der Waals surface area (Å²) in [5.74, 6) is -0.559. The van der Waals surface area contributed by atoms with Crippen LogP contribution in [0.1, 0.15) is 19.3 Å². The topological polar surface area (TPSA) is 117 Å². The van der Waals surface area contributed by atoms with Crippen molar-refractivity contribution in [2.45, 2.75) is 41.0 Å². The van der Waals surface area contributed by atoms with Gasteiger partial charge in [0.05, 0.1) is 28.3 Å². The van der Waals surface area contributed by atoms with Crippen molar-refractivity contribution in [3.8, 4) is 6.07 Å². The second-order valence-corrected chi connectivity index (χ2v) is 9.26. The highest BCUT2D eigenvalue weighted by Crippen LogP contribution is 2.36. The zero-order valence-electron chi connectivity index (χ0n) is 14.5. The Hall–Kier alpha value is -2.31. The summed E-state index contributed by atoms with van der Waals surface area (Å²) in [5.41, 5.74) is -0.918. The largest absolute Gasteiger partial charge is 0.453 e. The lowest BCUT2D eigenvalue weighted by atomic mass is 10.2. The van der Waals surface area contributed by atoms with E-state index in [1.165, 1.54) is 12.1 Å². The van der Waals surface area contributed by atoms with Crippen LogP contribution >= 0.6 is 11.6 Å². The van der Waals surface area contributed by atoms with Crippen LogP contribution in [-0.2, 0) is 19.4 Å². The molecule has 8 nitrogen and oxygen atoms in total. The Morgan fingerprint density at radius 2 is 2.04 bits per heavy atom. The predicted octanol–water partition coefficient (Wildman–Crippen LogP) is 1.50. The summed E-state index contributed by atoms with van der Waals surface area (Å²) in [4.78, 5) is 25.8. The van der Waals surface area contributed by atoms with Crippen molar-refractivity contribution in [1.82, 2.24) is 10.2 Å². The number of nitrogens with zero attached hydrogens (tertiary/aromatic N) is 2. The Balaban J connectivity index is 1.87. The molecule has 0 unspecified atom stereocenters. The van der Waals surface area contributed by atoms with Gasteiger partial charge >= 0.3 is 6.09 Å². The van der Waals surface area contributed by atoms with Crippen LogP contribution in [0.3, 0.4) is 0 Å². The first-order chi connectivity index (χ1) is 12.7. The van der Waals surface area contributed by atoms with Crippen molar-refractivity contribution >= 4 is 33.4 Å². The molecule has 1 saturated heterocycles. The number of likely N-dealkylation sites (tertiary alicyclic amines) is 1. The van der Waals surface area contributed by atoms with Gasteiger partial charge in [-0.05, 0) is 31.4 Å². The van der Waals surface area contributed by atoms with Gasteiger partial charge in [0.1, 0.15) is 11.6 Å². The van der Waals surface area contributed by atoms with E-state index in [-0.39, 0.29) is 22.9 Å². The van der Waals surface area contributed by atoms with Crippen LogP contribution in [0.25, 0.3) is 0 Å². The van der Waals surface area contributed by atoms with Crippen LogP contribution in [-0.4, -0.2) is 55.8 Å². The molecule has 2 fully saturated rings. The molecule has 144 valence electrons. The standard InChI is InChI=1S/C17H18ClN3O5S/c1-26-16(23)21-9-11(27(24,25)14-5-3-2-4-12(14)18)8-13(21)15(22)20-17(10-19)6-7-17/h2-5,11,13H,6-9H2,1H3,(H,20,22)/t11-,13+/m1/s1. The molecule has 0 spiro atoms. The number of rotatable bonds is 4. The molecule has 2 aliphatic rings. The average Bonchev–Trinajstić information content (AvgIpc) is 3.26. The third-order valence-electron chi connectivity index (χ3n) is 4.88. The number of carbonyl (C=O) groups excluding carboxylic acids is 2. The van der Waals surface area contributed by atoms with Gasteiger partial charge in [-0.3, -0.25) is 9.69 Å². The van der Waals surface area contributed by atoms with Gasteiger partial charge in [-0.1, -0.05) is 23.7 Å². The lowest BCUT2D eigenvalue weighted by Crippen LogP contribution is -2.49. The van der Waals surface area contributed by atoms with Crippen LogP contribution < -0.4 is 5.32 Å². The Bertz CT molecular complexity index is 923. The molecule has 10 heteroatoms. The summed E-state index contributed by atoms with van der Waals surface area (Å²) in [6, 6.07) is 7.03. The predicted molar refractivity (Wildman–Crippen MR) is 95.7 cm³/mol. The van der Waals surface area contributed by atoms with Crippen molar-refractivity contribution in [3.05, 3.63) is 29.3 Å². The normalized spacial score (nSPS) is 23.4. The second-order valence-electron chi connectivity index (χ2n) is 6.65. The van der Waals surface area contributed by atoms with Crippen molar-refractivity contribution in [2.75, 3.05) is 13.7 Å². The maximum absolute atomic E-state index is 13.0. The van der Waals surface area contributed by atoms with Gasteiger partial charge in [0.25, 0.3) is 0 Å². The van der Waals surface area contributed by atoms with Gasteiger partial charge in [0.15, 0.2) is 9.84 Å². The first kappa shape index (κ1) is 19.5. The van der Waals surface area contributed by atoms with Gasteiger partial charge in [0.2, 0.25) is 5.91 Å². The van der Waals surface area contributed by atoms with Gasteiger partial charge in [-0.15, -0.1) is 0 Å². The number of hydrogen-bond donors (Lipinski definition) is 1. The molecule has 1 aromatic carbocycles. The minimum atomic E-state index is -3.87. The number of halogens is 1. The number of amides is 2. The van der Waals surface area contributed by atoms with Gasteiger partial charge in [-0.2, -0.15) is 5.26 Å². The highest BCUT2D eigenvalue weighted by molar-refractivity contribution is 7.92. The zero-order valence-corrected chi connectivity index (χ0v) is 16.1. The molecule has 3 rings (SSSR count). The molecule has 27 heavy (non-hydrogen) atoms. The van der Waals surface area contributed by atoms with E-state index in [4.69, 9.17) is 21.6 Å². The Labute approximate surface area is 162 Å². The molecule has 1 saturated carbocycles. The monoisotopic (exact) mass is 411 g/mol. The number of benzene rings is 1. The summed E-state index contributed by atoms with van der Waals surface area (Å²) in [7, 11) is -2.71. The molecule has 1 aliphatic carbocycles. The molecular formula is C17H18ClN3O5S. The molecule has 1 N–H and O–H groups in total. The molecule has 1 aromatic rings. The number of nitriles is 1. The molecule has 0 aromatic heterocycles. The smallest absolute Gasteiger partial charge is 0.410 e. The third kappa shape index (κ3) is 3.59. The summed E-state index contributed by atoms with van der Waals surface area (Å²) < 4.78 is 30.7. The van der Waals surface area contributed by atoms with Crippen LogP contribution in [0.5, 0.6) is 0 Å². The Morgan fingerprint density at radius 1 is 1.37 bits per heavy atom. The average molecular weight is 412 g/mol. The molecule has 2 amide bonds.